The van der Waals surface area contributed by atoms with Gasteiger partial charge in [0, 0.05) is 44.2 Å². The van der Waals surface area contributed by atoms with Crippen LogP contribution in [0.2, 0.25) is 0 Å². The highest BCUT2D eigenvalue weighted by molar-refractivity contribution is 5.65. The first-order valence-electron chi connectivity index (χ1n) is 18.7. The predicted octanol–water partition coefficient (Wildman–Crippen LogP) is 10.9. The second kappa shape index (κ2) is 13.6. The fourth-order valence-corrected chi connectivity index (χ4v) is 10.4. The number of benzene rings is 6. The fraction of sp³-hybridized carbons (Fsp3) is 0.192. The molecule has 10 rings (SSSR count). The first kappa shape index (κ1) is 31.9. The van der Waals surface area contributed by atoms with Gasteiger partial charge >= 0.3 is 0 Å². The van der Waals surface area contributed by atoms with E-state index in [0.717, 1.165) is 46.2 Å². The van der Waals surface area contributed by atoms with Crippen molar-refractivity contribution in [2.24, 2.45) is 17.8 Å². The van der Waals surface area contributed by atoms with Gasteiger partial charge in [-0.2, -0.15) is 0 Å². The molecule has 248 valence electrons. The Labute approximate surface area is 309 Å². The Morgan fingerprint density at radius 3 is 1.12 bits per heavy atom. The minimum Gasteiger partial charge on any atom is -0.0622 e. The molecule has 6 aromatic rings. The summed E-state index contributed by atoms with van der Waals surface area (Å²) in [6.07, 6.45) is 6.03. The first-order chi connectivity index (χ1) is 25.7. The Hall–Kier alpha value is -6.00. The Bertz CT molecular complexity index is 2300. The lowest BCUT2D eigenvalue weighted by atomic mass is 9.34. The fourth-order valence-electron chi connectivity index (χ4n) is 10.4. The molecule has 4 saturated carbocycles. The van der Waals surface area contributed by atoms with E-state index in [0.29, 0.717) is 17.8 Å². The summed E-state index contributed by atoms with van der Waals surface area (Å²) in [5.41, 5.74) is 9.94. The maximum atomic E-state index is 3.73. The highest BCUT2D eigenvalue weighted by Gasteiger charge is 2.68. The van der Waals surface area contributed by atoms with Crippen LogP contribution in [0.4, 0.5) is 0 Å². The Kier molecular flexibility index (Phi) is 8.36. The van der Waals surface area contributed by atoms with E-state index >= 15 is 0 Å². The molecule has 4 aliphatic rings. The molecule has 2 atom stereocenters. The van der Waals surface area contributed by atoms with E-state index in [4.69, 9.17) is 0 Å². The lowest BCUT2D eigenvalue weighted by Crippen LogP contribution is -2.65. The Morgan fingerprint density at radius 2 is 0.692 bits per heavy atom. The van der Waals surface area contributed by atoms with E-state index in [2.05, 4.69) is 199 Å². The van der Waals surface area contributed by atoms with Crippen molar-refractivity contribution >= 4 is 0 Å². The summed E-state index contributed by atoms with van der Waals surface area (Å²) >= 11 is 0. The summed E-state index contributed by atoms with van der Waals surface area (Å²) < 4.78 is 0. The smallest absolute Gasteiger partial charge is 0.0353 e. The summed E-state index contributed by atoms with van der Waals surface area (Å²) in [4.78, 5) is 0. The van der Waals surface area contributed by atoms with E-state index in [1.54, 1.807) is 0 Å². The molecule has 0 radical (unpaired) electrons. The SMILES string of the molecule is C(#Cc1ccccc1C12CC3CC(CC(C3)C1(c1ccccc1C#Cc1ccccc1)c1ccccc1C#Cc1ccccc1)C2)c1ccccc1. The molecule has 0 aliphatic heterocycles. The lowest BCUT2D eigenvalue weighted by molar-refractivity contribution is -0.0674. The molecule has 4 aliphatic carbocycles. The van der Waals surface area contributed by atoms with Crippen molar-refractivity contribution in [1.29, 1.82) is 0 Å². The summed E-state index contributed by atoms with van der Waals surface area (Å²) in [6.45, 7) is 0. The van der Waals surface area contributed by atoms with Crippen LogP contribution in [0.5, 0.6) is 0 Å². The summed E-state index contributed by atoms with van der Waals surface area (Å²) in [6, 6.07) is 58.4. The average molecular weight is 665 g/mol. The molecular formula is C52H40. The molecular weight excluding hydrogens is 625 g/mol. The van der Waals surface area contributed by atoms with Crippen LogP contribution in [-0.4, -0.2) is 0 Å². The maximum absolute atomic E-state index is 3.73. The van der Waals surface area contributed by atoms with Gasteiger partial charge in [-0.3, -0.25) is 0 Å². The maximum Gasteiger partial charge on any atom is 0.0353 e. The van der Waals surface area contributed by atoms with Gasteiger partial charge in [-0.15, -0.1) is 0 Å². The van der Waals surface area contributed by atoms with Crippen molar-refractivity contribution in [3.8, 4) is 35.5 Å². The van der Waals surface area contributed by atoms with Gasteiger partial charge in [0.05, 0.1) is 0 Å². The second-order valence-corrected chi connectivity index (χ2v) is 14.9. The summed E-state index contributed by atoms with van der Waals surface area (Å²) in [5, 5.41) is 0. The molecule has 6 aromatic carbocycles. The average Bonchev–Trinajstić information content (AvgIpc) is 3.20. The Balaban J connectivity index is 1.35. The monoisotopic (exact) mass is 664 g/mol. The number of hydrogen-bond acceptors (Lipinski definition) is 0. The van der Waals surface area contributed by atoms with E-state index < -0.39 is 0 Å². The van der Waals surface area contributed by atoms with Gasteiger partial charge in [0.15, 0.2) is 0 Å². The van der Waals surface area contributed by atoms with Crippen molar-refractivity contribution in [3.05, 3.63) is 214 Å². The number of hydrogen-bond donors (Lipinski definition) is 0. The third-order valence-corrected chi connectivity index (χ3v) is 12.0. The molecule has 4 bridgehead atoms. The van der Waals surface area contributed by atoms with Crippen LogP contribution >= 0.6 is 0 Å². The molecule has 0 N–H and O–H groups in total. The third kappa shape index (κ3) is 5.56. The van der Waals surface area contributed by atoms with E-state index in [1.807, 2.05) is 0 Å². The van der Waals surface area contributed by atoms with Crippen LogP contribution in [0.25, 0.3) is 0 Å². The van der Waals surface area contributed by atoms with Crippen molar-refractivity contribution in [3.63, 3.8) is 0 Å². The van der Waals surface area contributed by atoms with Gasteiger partial charge in [0.25, 0.3) is 0 Å². The van der Waals surface area contributed by atoms with Gasteiger partial charge in [-0.25, -0.2) is 0 Å². The topological polar surface area (TPSA) is 0 Å². The van der Waals surface area contributed by atoms with Crippen molar-refractivity contribution in [2.45, 2.75) is 42.9 Å². The molecule has 0 nitrogen and oxygen atoms in total. The largest absolute Gasteiger partial charge is 0.0622 e. The quantitative estimate of drug-likeness (QED) is 0.165. The molecule has 2 unspecified atom stereocenters. The first-order valence-corrected chi connectivity index (χ1v) is 18.7. The minimum absolute atomic E-state index is 0.196. The van der Waals surface area contributed by atoms with E-state index in [1.165, 1.54) is 36.0 Å². The van der Waals surface area contributed by atoms with Gasteiger partial charge in [0.2, 0.25) is 0 Å². The lowest BCUT2D eigenvalue weighted by Gasteiger charge is -2.69. The van der Waals surface area contributed by atoms with Crippen LogP contribution in [0.1, 0.15) is 82.2 Å². The predicted molar refractivity (Wildman–Crippen MR) is 213 cm³/mol. The third-order valence-electron chi connectivity index (χ3n) is 12.0. The van der Waals surface area contributed by atoms with Crippen LogP contribution in [0, 0.1) is 53.3 Å². The van der Waals surface area contributed by atoms with Gasteiger partial charge < -0.3 is 0 Å². The molecule has 0 amide bonds. The molecule has 0 saturated heterocycles. The van der Waals surface area contributed by atoms with Gasteiger partial charge in [0.1, 0.15) is 0 Å². The molecule has 0 spiro atoms. The van der Waals surface area contributed by atoms with Gasteiger partial charge in [-0.1, -0.05) is 145 Å². The van der Waals surface area contributed by atoms with E-state index in [9.17, 15) is 0 Å². The molecule has 0 heterocycles. The summed E-state index contributed by atoms with van der Waals surface area (Å²) in [7, 11) is 0. The molecule has 0 heteroatoms. The van der Waals surface area contributed by atoms with Crippen LogP contribution < -0.4 is 0 Å². The molecule has 52 heavy (non-hydrogen) atoms. The zero-order valence-electron chi connectivity index (χ0n) is 29.4. The zero-order chi connectivity index (χ0) is 34.8. The van der Waals surface area contributed by atoms with Crippen LogP contribution in [0.15, 0.2) is 164 Å². The van der Waals surface area contributed by atoms with Crippen molar-refractivity contribution in [2.75, 3.05) is 0 Å². The normalized spacial score (nSPS) is 21.8. The standard InChI is InChI=1S/C52H40/c1-4-16-39(17-5-1)28-31-44-22-10-13-25-48(44)51-37-42-34-43(38-51)36-47(35-42)52(51,49-26-14-11-23-45(49)32-29-40-18-6-2-7-19-40)50-27-15-12-24-46(50)33-30-41-20-8-3-9-21-41/h1-27,42-43,47H,34-38H2. The molecule has 4 fully saturated rings. The highest BCUT2D eigenvalue weighted by Crippen LogP contribution is 2.72. The Morgan fingerprint density at radius 1 is 0.346 bits per heavy atom. The van der Waals surface area contributed by atoms with Crippen molar-refractivity contribution < 1.29 is 0 Å². The number of rotatable bonds is 3. The van der Waals surface area contributed by atoms with Crippen molar-refractivity contribution in [1.82, 2.24) is 0 Å². The summed E-state index contributed by atoms with van der Waals surface area (Å²) in [5.74, 6) is 23.6. The van der Waals surface area contributed by atoms with E-state index in [-0.39, 0.29) is 10.8 Å². The molecule has 0 aromatic heterocycles. The highest BCUT2D eigenvalue weighted by atomic mass is 14.7. The van der Waals surface area contributed by atoms with Crippen LogP contribution in [0.3, 0.4) is 0 Å². The van der Waals surface area contributed by atoms with Gasteiger partial charge in [-0.05, 0) is 121 Å². The minimum atomic E-state index is -0.366. The second-order valence-electron chi connectivity index (χ2n) is 14.9. The zero-order valence-corrected chi connectivity index (χ0v) is 29.4. The van der Waals surface area contributed by atoms with Crippen LogP contribution in [-0.2, 0) is 10.8 Å².